The van der Waals surface area contributed by atoms with Gasteiger partial charge in [0, 0.05) is 0 Å². The van der Waals surface area contributed by atoms with Crippen molar-refractivity contribution >= 4 is 0 Å². The Kier molecular flexibility index (Phi) is 3.56. The van der Waals surface area contributed by atoms with Gasteiger partial charge in [-0.15, -0.1) is 0 Å². The van der Waals surface area contributed by atoms with Gasteiger partial charge in [0.25, 0.3) is 0 Å². The molecule has 13 heavy (non-hydrogen) atoms. The molecule has 0 aromatic carbocycles. The van der Waals surface area contributed by atoms with E-state index in [1.807, 2.05) is 0 Å². The molecule has 0 saturated carbocycles. The predicted molar refractivity (Wildman–Crippen MR) is 37.5 cm³/mol. The Balaban J connectivity index is 2.66. The fourth-order valence-electron chi connectivity index (χ4n) is 1.15. The predicted octanol–water partition coefficient (Wildman–Crippen LogP) is -2.72. The minimum Gasteiger partial charge on any atom is -0.394 e. The average molecular weight is 196 g/mol. The van der Waals surface area contributed by atoms with E-state index in [1.54, 1.807) is 0 Å². The molecule has 0 spiro atoms. The lowest BCUT2D eigenvalue weighted by molar-refractivity contribution is -0.404. The average Bonchev–Trinajstić information content (AvgIpc) is 2.15. The molecule has 0 aromatic rings. The highest BCUT2D eigenvalue weighted by Gasteiger charge is 2.44. The molecule has 1 unspecified atom stereocenters. The van der Waals surface area contributed by atoms with Gasteiger partial charge < -0.3 is 25.2 Å². The molecule has 78 valence electrons. The maximum absolute atomic E-state index is 9.19. The minimum atomic E-state index is -1.55. The Bertz CT molecular complexity index is 143. The van der Waals surface area contributed by atoms with E-state index in [9.17, 15) is 5.11 Å². The monoisotopic (exact) mass is 196 g/mol. The Morgan fingerprint density at radius 1 is 1.08 bits per heavy atom. The molecular formula is C6H12O7. The van der Waals surface area contributed by atoms with Crippen LogP contribution in [0.2, 0.25) is 0 Å². The van der Waals surface area contributed by atoms with E-state index in [4.69, 9.17) is 25.3 Å². The van der Waals surface area contributed by atoms with E-state index >= 15 is 0 Å². The number of hydrogen-bond donors (Lipinski definition) is 5. The molecule has 0 aliphatic carbocycles. The summed E-state index contributed by atoms with van der Waals surface area (Å²) in [5, 5.41) is 44.4. The zero-order valence-corrected chi connectivity index (χ0v) is 6.65. The Hall–Kier alpha value is -0.280. The highest BCUT2D eigenvalue weighted by atomic mass is 17.1. The number of ether oxygens (including phenoxy) is 1. The number of rotatable bonds is 2. The summed E-state index contributed by atoms with van der Waals surface area (Å²) in [5.41, 5.74) is 0. The van der Waals surface area contributed by atoms with Crippen molar-refractivity contribution in [3.63, 3.8) is 0 Å². The second kappa shape index (κ2) is 4.29. The molecule has 5 atom stereocenters. The molecule has 7 heteroatoms. The lowest BCUT2D eigenvalue weighted by Gasteiger charge is -2.37. The molecule has 0 radical (unpaired) electrons. The van der Waals surface area contributed by atoms with E-state index in [0.717, 1.165) is 0 Å². The van der Waals surface area contributed by atoms with Crippen LogP contribution in [-0.2, 0) is 9.62 Å². The van der Waals surface area contributed by atoms with Crippen molar-refractivity contribution in [3.05, 3.63) is 0 Å². The third kappa shape index (κ3) is 1.97. The van der Waals surface area contributed by atoms with E-state index in [2.05, 4.69) is 4.89 Å². The van der Waals surface area contributed by atoms with Crippen LogP contribution in [0.3, 0.4) is 0 Å². The summed E-state index contributed by atoms with van der Waals surface area (Å²) < 4.78 is 4.70. The highest BCUT2D eigenvalue weighted by molar-refractivity contribution is 4.88. The van der Waals surface area contributed by atoms with Crippen LogP contribution >= 0.6 is 0 Å². The first-order valence-corrected chi connectivity index (χ1v) is 3.72. The second-order valence-electron chi connectivity index (χ2n) is 2.80. The van der Waals surface area contributed by atoms with Gasteiger partial charge in [-0.1, -0.05) is 0 Å². The number of hydrogen-bond acceptors (Lipinski definition) is 7. The third-order valence-electron chi connectivity index (χ3n) is 1.95. The molecule has 0 aromatic heterocycles. The fraction of sp³-hybridized carbons (Fsp3) is 1.00. The quantitative estimate of drug-likeness (QED) is 0.240. The van der Waals surface area contributed by atoms with Crippen molar-refractivity contribution in [3.8, 4) is 0 Å². The van der Waals surface area contributed by atoms with Crippen molar-refractivity contribution in [1.29, 1.82) is 0 Å². The summed E-state index contributed by atoms with van der Waals surface area (Å²) in [4.78, 5) is 3.70. The Morgan fingerprint density at radius 2 is 1.69 bits per heavy atom. The molecule has 0 amide bonds. The smallest absolute Gasteiger partial charge is 0.220 e. The van der Waals surface area contributed by atoms with Crippen molar-refractivity contribution in [2.75, 3.05) is 6.61 Å². The first-order chi connectivity index (χ1) is 6.11. The summed E-state index contributed by atoms with van der Waals surface area (Å²) >= 11 is 0. The summed E-state index contributed by atoms with van der Waals surface area (Å²) in [5.74, 6) is 0. The molecular weight excluding hydrogens is 184 g/mol. The van der Waals surface area contributed by atoms with E-state index < -0.39 is 37.3 Å². The topological polar surface area (TPSA) is 120 Å². The van der Waals surface area contributed by atoms with Crippen LogP contribution < -0.4 is 0 Å². The number of aliphatic hydroxyl groups is 4. The van der Waals surface area contributed by atoms with Gasteiger partial charge in [-0.3, -0.25) is 0 Å². The maximum Gasteiger partial charge on any atom is 0.220 e. The van der Waals surface area contributed by atoms with E-state index in [1.165, 1.54) is 0 Å². The molecule has 1 rings (SSSR count). The van der Waals surface area contributed by atoms with Crippen LogP contribution in [0, 0.1) is 0 Å². The molecule has 7 nitrogen and oxygen atoms in total. The SMILES string of the molecule is OC[C@H]1OC(OO)[C@H](O)[C@@H](O)[C@H]1O. The van der Waals surface area contributed by atoms with Gasteiger partial charge in [-0.2, -0.15) is 0 Å². The van der Waals surface area contributed by atoms with E-state index in [-0.39, 0.29) is 0 Å². The molecule has 1 aliphatic heterocycles. The van der Waals surface area contributed by atoms with Crippen LogP contribution in [0.4, 0.5) is 0 Å². The molecule has 1 heterocycles. The lowest BCUT2D eigenvalue weighted by atomic mass is 9.99. The molecule has 1 saturated heterocycles. The number of aliphatic hydroxyl groups excluding tert-OH is 4. The zero-order chi connectivity index (χ0) is 10.0. The first kappa shape index (κ1) is 10.8. The maximum atomic E-state index is 9.19. The first-order valence-electron chi connectivity index (χ1n) is 3.72. The zero-order valence-electron chi connectivity index (χ0n) is 6.65. The highest BCUT2D eigenvalue weighted by Crippen LogP contribution is 2.20. The van der Waals surface area contributed by atoms with Gasteiger partial charge >= 0.3 is 0 Å². The van der Waals surface area contributed by atoms with Gasteiger partial charge in [0.15, 0.2) is 0 Å². The van der Waals surface area contributed by atoms with Crippen molar-refractivity contribution in [1.82, 2.24) is 0 Å². The Labute approximate surface area is 73.7 Å². The fourth-order valence-corrected chi connectivity index (χ4v) is 1.15. The van der Waals surface area contributed by atoms with Crippen LogP contribution in [0.1, 0.15) is 0 Å². The normalized spacial score (nSPS) is 46.4. The van der Waals surface area contributed by atoms with Gasteiger partial charge in [-0.25, -0.2) is 10.1 Å². The molecule has 1 aliphatic rings. The van der Waals surface area contributed by atoms with Crippen LogP contribution in [0.5, 0.6) is 0 Å². The van der Waals surface area contributed by atoms with Gasteiger partial charge in [-0.05, 0) is 0 Å². The second-order valence-corrected chi connectivity index (χ2v) is 2.80. The van der Waals surface area contributed by atoms with Crippen LogP contribution in [0.15, 0.2) is 0 Å². The van der Waals surface area contributed by atoms with Crippen molar-refractivity contribution in [2.45, 2.75) is 30.7 Å². The molecule has 1 fully saturated rings. The standard InChI is InChI=1S/C6H12O7/c7-1-2-3(8)4(9)5(10)6(12-2)13-11/h2-11H,1H2/t2-,3+,4+,5-,6?/m1/s1. The van der Waals surface area contributed by atoms with E-state index in [0.29, 0.717) is 0 Å². The van der Waals surface area contributed by atoms with Crippen LogP contribution in [-0.4, -0.2) is 63.0 Å². The van der Waals surface area contributed by atoms with Crippen molar-refractivity contribution in [2.24, 2.45) is 0 Å². The minimum absolute atomic E-state index is 0.551. The summed E-state index contributed by atoms with van der Waals surface area (Å²) in [6, 6.07) is 0. The van der Waals surface area contributed by atoms with Gasteiger partial charge in [0.2, 0.25) is 6.29 Å². The lowest BCUT2D eigenvalue weighted by Crippen LogP contribution is -2.58. The largest absolute Gasteiger partial charge is 0.394 e. The third-order valence-corrected chi connectivity index (χ3v) is 1.95. The molecule has 5 N–H and O–H groups in total. The molecule has 0 bridgehead atoms. The summed E-state index contributed by atoms with van der Waals surface area (Å²) in [6.07, 6.45) is -7.04. The summed E-state index contributed by atoms with van der Waals surface area (Å²) in [6.45, 7) is -0.551. The van der Waals surface area contributed by atoms with Gasteiger partial charge in [0.1, 0.15) is 24.4 Å². The van der Waals surface area contributed by atoms with Gasteiger partial charge in [0.05, 0.1) is 6.61 Å². The Morgan fingerprint density at radius 3 is 2.15 bits per heavy atom. The van der Waals surface area contributed by atoms with Crippen LogP contribution in [0.25, 0.3) is 0 Å². The van der Waals surface area contributed by atoms with Crippen molar-refractivity contribution < 1.29 is 35.3 Å². The summed E-state index contributed by atoms with van der Waals surface area (Å²) in [7, 11) is 0.